The van der Waals surface area contributed by atoms with Crippen LogP contribution in [-0.4, -0.2) is 30.8 Å². The third kappa shape index (κ3) is 3.96. The summed E-state index contributed by atoms with van der Waals surface area (Å²) in [4.78, 5) is 16.7. The van der Waals surface area contributed by atoms with Gasteiger partial charge in [-0.3, -0.25) is 4.79 Å². The van der Waals surface area contributed by atoms with E-state index in [2.05, 4.69) is 21.7 Å². The number of aromatic nitrogens is 1. The van der Waals surface area contributed by atoms with Crippen LogP contribution in [0.2, 0.25) is 0 Å². The second-order valence-corrected chi connectivity index (χ2v) is 7.30. The monoisotopic (exact) mass is 380 g/mol. The zero-order valence-corrected chi connectivity index (χ0v) is 15.8. The van der Waals surface area contributed by atoms with Gasteiger partial charge in [-0.15, -0.1) is 0 Å². The number of nitriles is 1. The quantitative estimate of drug-likeness (QED) is 0.746. The summed E-state index contributed by atoms with van der Waals surface area (Å²) in [5.74, 6) is 2.25. The maximum Gasteiger partial charge on any atom is 0.231 e. The first-order valence-corrected chi connectivity index (χ1v) is 9.90. The summed E-state index contributed by atoms with van der Waals surface area (Å²) in [6, 6.07) is 7.66. The van der Waals surface area contributed by atoms with Gasteiger partial charge in [0.2, 0.25) is 12.7 Å². The van der Waals surface area contributed by atoms with Gasteiger partial charge in [-0.25, -0.2) is 4.98 Å². The van der Waals surface area contributed by atoms with Crippen LogP contribution in [-0.2, 0) is 4.79 Å². The molecule has 0 unspecified atom stereocenters. The summed E-state index contributed by atoms with van der Waals surface area (Å²) < 4.78 is 10.8. The van der Waals surface area contributed by atoms with Crippen molar-refractivity contribution in [1.29, 1.82) is 5.26 Å². The highest BCUT2D eigenvalue weighted by atomic mass is 16.7. The van der Waals surface area contributed by atoms with Crippen molar-refractivity contribution in [2.45, 2.75) is 38.5 Å². The number of hydrogen-bond acceptors (Lipinski definition) is 6. The van der Waals surface area contributed by atoms with Crippen molar-refractivity contribution in [2.75, 3.05) is 25.2 Å². The summed E-state index contributed by atoms with van der Waals surface area (Å²) in [5, 5.41) is 16.5. The first-order chi connectivity index (χ1) is 13.7. The number of nitrogens with one attached hydrogen (secondary N) is 2. The Labute approximate surface area is 164 Å². The predicted octanol–water partition coefficient (Wildman–Crippen LogP) is 3.33. The van der Waals surface area contributed by atoms with E-state index in [-0.39, 0.29) is 18.6 Å². The number of pyridine rings is 1. The number of carbonyl (C=O) groups is 1. The molecule has 2 aliphatic rings. The number of fused-ring (bicyclic) bond motifs is 2. The normalized spacial score (nSPS) is 16.0. The number of nitrogens with zero attached hydrogens (tertiary/aromatic N) is 2. The molecule has 1 aliphatic carbocycles. The van der Waals surface area contributed by atoms with Gasteiger partial charge in [-0.2, -0.15) is 5.26 Å². The number of carbonyl (C=O) groups excluding carboxylic acids is 1. The second kappa shape index (κ2) is 8.34. The largest absolute Gasteiger partial charge is 0.454 e. The van der Waals surface area contributed by atoms with Gasteiger partial charge in [-0.1, -0.05) is 19.3 Å². The molecule has 0 atom stereocenters. The molecule has 2 N–H and O–H groups in total. The molecule has 1 aromatic carbocycles. The molecule has 28 heavy (non-hydrogen) atoms. The number of hydrogen-bond donors (Lipinski definition) is 2. The Kier molecular flexibility index (Phi) is 5.47. The Bertz CT molecular complexity index is 916. The van der Waals surface area contributed by atoms with Gasteiger partial charge in [0.1, 0.15) is 11.9 Å². The molecule has 1 saturated carbocycles. The maximum atomic E-state index is 12.2. The van der Waals surface area contributed by atoms with E-state index in [1.807, 2.05) is 12.1 Å². The molecule has 7 nitrogen and oxygen atoms in total. The van der Waals surface area contributed by atoms with E-state index >= 15 is 0 Å². The highest BCUT2D eigenvalue weighted by molar-refractivity contribution is 5.86. The van der Waals surface area contributed by atoms with Crippen molar-refractivity contribution < 1.29 is 14.3 Å². The SMILES string of the molecule is N#Cc1cc2cc3c(cc2nc1NCCCNC(=O)C1CCCCC1)OCO3. The van der Waals surface area contributed by atoms with Crippen molar-refractivity contribution in [1.82, 2.24) is 10.3 Å². The summed E-state index contributed by atoms with van der Waals surface area (Å²) >= 11 is 0. The minimum Gasteiger partial charge on any atom is -0.454 e. The lowest BCUT2D eigenvalue weighted by Crippen LogP contribution is -2.33. The fourth-order valence-corrected chi connectivity index (χ4v) is 3.80. The van der Waals surface area contributed by atoms with Crippen molar-refractivity contribution in [3.8, 4) is 17.6 Å². The van der Waals surface area contributed by atoms with Gasteiger partial charge in [0.05, 0.1) is 11.1 Å². The van der Waals surface area contributed by atoms with E-state index in [4.69, 9.17) is 9.47 Å². The Morgan fingerprint density at radius 3 is 2.71 bits per heavy atom. The number of amides is 1. The molecule has 1 amide bonds. The molecule has 0 bridgehead atoms. The number of ether oxygens (including phenoxy) is 2. The Hall–Kier alpha value is -3.01. The number of anilines is 1. The van der Waals surface area contributed by atoms with Crippen LogP contribution in [0.3, 0.4) is 0 Å². The fourth-order valence-electron chi connectivity index (χ4n) is 3.80. The molecule has 4 rings (SSSR count). The molecule has 0 radical (unpaired) electrons. The van der Waals surface area contributed by atoms with Crippen LogP contribution in [0, 0.1) is 17.2 Å². The summed E-state index contributed by atoms with van der Waals surface area (Å²) in [6.07, 6.45) is 6.35. The first-order valence-electron chi connectivity index (χ1n) is 9.90. The molecular weight excluding hydrogens is 356 g/mol. The van der Waals surface area contributed by atoms with Crippen molar-refractivity contribution in [2.24, 2.45) is 5.92 Å². The molecule has 7 heteroatoms. The predicted molar refractivity (Wildman–Crippen MR) is 105 cm³/mol. The molecule has 2 heterocycles. The summed E-state index contributed by atoms with van der Waals surface area (Å²) in [5.41, 5.74) is 1.23. The molecule has 1 aromatic heterocycles. The lowest BCUT2D eigenvalue weighted by molar-refractivity contribution is -0.125. The highest BCUT2D eigenvalue weighted by Gasteiger charge is 2.20. The van der Waals surface area contributed by atoms with E-state index < -0.39 is 0 Å². The van der Waals surface area contributed by atoms with Crippen LogP contribution in [0.15, 0.2) is 18.2 Å². The van der Waals surface area contributed by atoms with Crippen LogP contribution in [0.5, 0.6) is 11.5 Å². The van der Waals surface area contributed by atoms with Crippen molar-refractivity contribution in [3.05, 3.63) is 23.8 Å². The summed E-state index contributed by atoms with van der Waals surface area (Å²) in [6.45, 7) is 1.45. The Balaban J connectivity index is 1.33. The van der Waals surface area contributed by atoms with Crippen LogP contribution >= 0.6 is 0 Å². The van der Waals surface area contributed by atoms with Crippen LogP contribution in [0.4, 0.5) is 5.82 Å². The summed E-state index contributed by atoms with van der Waals surface area (Å²) in [7, 11) is 0. The Morgan fingerprint density at radius 2 is 1.93 bits per heavy atom. The topological polar surface area (TPSA) is 96.3 Å². The van der Waals surface area contributed by atoms with Gasteiger partial charge < -0.3 is 20.1 Å². The van der Waals surface area contributed by atoms with Crippen LogP contribution < -0.4 is 20.1 Å². The molecular formula is C21H24N4O3. The molecule has 146 valence electrons. The fraction of sp³-hybridized carbons (Fsp3) is 0.476. The molecule has 0 saturated heterocycles. The lowest BCUT2D eigenvalue weighted by Gasteiger charge is -2.20. The second-order valence-electron chi connectivity index (χ2n) is 7.30. The van der Waals surface area contributed by atoms with Gasteiger partial charge in [-0.05, 0) is 31.4 Å². The highest BCUT2D eigenvalue weighted by Crippen LogP contribution is 2.36. The smallest absolute Gasteiger partial charge is 0.231 e. The minimum absolute atomic E-state index is 0.178. The van der Waals surface area contributed by atoms with E-state index in [1.165, 1.54) is 6.42 Å². The van der Waals surface area contributed by atoms with E-state index in [0.29, 0.717) is 36.0 Å². The van der Waals surface area contributed by atoms with Crippen molar-refractivity contribution >= 4 is 22.6 Å². The van der Waals surface area contributed by atoms with Gasteiger partial charge >= 0.3 is 0 Å². The number of benzene rings is 1. The van der Waals surface area contributed by atoms with Gasteiger partial charge in [0, 0.05) is 30.5 Å². The number of rotatable bonds is 6. The van der Waals surface area contributed by atoms with Gasteiger partial charge in [0.25, 0.3) is 0 Å². The molecule has 1 aliphatic heterocycles. The average Bonchev–Trinajstić information content (AvgIpc) is 3.19. The zero-order valence-electron chi connectivity index (χ0n) is 15.8. The van der Waals surface area contributed by atoms with Gasteiger partial charge in [0.15, 0.2) is 11.5 Å². The van der Waals surface area contributed by atoms with E-state index in [9.17, 15) is 10.1 Å². The van der Waals surface area contributed by atoms with Crippen LogP contribution in [0.1, 0.15) is 44.1 Å². The first kappa shape index (κ1) is 18.4. The Morgan fingerprint density at radius 1 is 1.14 bits per heavy atom. The third-order valence-electron chi connectivity index (χ3n) is 5.35. The minimum atomic E-state index is 0.178. The van der Waals surface area contributed by atoms with Crippen molar-refractivity contribution in [3.63, 3.8) is 0 Å². The standard InChI is InChI=1S/C21H24N4O3/c22-12-16-9-15-10-18-19(28-13-27-18)11-17(15)25-20(16)23-7-4-8-24-21(26)14-5-2-1-3-6-14/h9-11,14H,1-8,13H2,(H,23,25)(H,24,26). The molecule has 1 fully saturated rings. The van der Waals surface area contributed by atoms with Crippen LogP contribution in [0.25, 0.3) is 10.9 Å². The molecule has 2 aromatic rings. The molecule has 0 spiro atoms. The maximum absolute atomic E-state index is 12.2. The lowest BCUT2D eigenvalue weighted by atomic mass is 9.89. The van der Waals surface area contributed by atoms with E-state index in [1.54, 1.807) is 6.07 Å². The van der Waals surface area contributed by atoms with E-state index in [0.717, 1.165) is 43.0 Å². The zero-order chi connectivity index (χ0) is 19.3. The average molecular weight is 380 g/mol. The third-order valence-corrected chi connectivity index (χ3v) is 5.35.